The zero-order chi connectivity index (χ0) is 20.2. The Kier molecular flexibility index (Phi) is 6.05. The molecule has 2 rings (SSSR count). The van der Waals surface area contributed by atoms with E-state index in [4.69, 9.17) is 4.74 Å². The number of rotatable bonds is 7. The zero-order valence-electron chi connectivity index (χ0n) is 15.8. The number of ether oxygens (including phenoxy) is 1. The fourth-order valence-corrected chi connectivity index (χ4v) is 2.92. The van der Waals surface area contributed by atoms with Crippen LogP contribution in [-0.2, 0) is 25.0 Å². The molecule has 0 aliphatic heterocycles. The van der Waals surface area contributed by atoms with E-state index in [0.717, 1.165) is 16.1 Å². The Hall–Kier alpha value is -2.67. The lowest BCUT2D eigenvalue weighted by molar-refractivity contribution is -0.148. The van der Waals surface area contributed by atoms with Gasteiger partial charge in [0, 0.05) is 12.6 Å². The third kappa shape index (κ3) is 4.95. The smallest absolute Gasteiger partial charge is 0.316 e. The number of ketones is 1. The normalized spacial score (nSPS) is 11.7. The van der Waals surface area contributed by atoms with Crippen LogP contribution >= 0.6 is 0 Å². The maximum Gasteiger partial charge on any atom is 0.316 e. The van der Waals surface area contributed by atoms with Crippen molar-refractivity contribution in [2.24, 2.45) is 0 Å². The predicted molar refractivity (Wildman–Crippen MR) is 104 cm³/mol. The van der Waals surface area contributed by atoms with Crippen molar-refractivity contribution >= 4 is 27.5 Å². The molecule has 0 unspecified atom stereocenters. The molecule has 7 heteroatoms. The van der Waals surface area contributed by atoms with Gasteiger partial charge in [-0.2, -0.15) is 0 Å². The van der Waals surface area contributed by atoms with Crippen molar-refractivity contribution in [2.75, 3.05) is 24.2 Å². The van der Waals surface area contributed by atoms with Crippen LogP contribution < -0.4 is 4.31 Å². The molecule has 0 bridgehead atoms. The predicted octanol–water partition coefficient (Wildman–Crippen LogP) is 2.79. The number of hydrogen-bond acceptors (Lipinski definition) is 5. The second-order valence-electron chi connectivity index (χ2n) is 6.77. The Morgan fingerprint density at radius 1 is 1.00 bits per heavy atom. The minimum Gasteiger partial charge on any atom is -0.457 e. The van der Waals surface area contributed by atoms with Crippen molar-refractivity contribution in [3.05, 3.63) is 65.7 Å². The summed E-state index contributed by atoms with van der Waals surface area (Å²) in [4.78, 5) is 24.7. The van der Waals surface area contributed by atoms with Crippen molar-refractivity contribution in [2.45, 2.75) is 19.3 Å². The van der Waals surface area contributed by atoms with Crippen LogP contribution in [0.25, 0.3) is 0 Å². The Morgan fingerprint density at radius 3 is 2.07 bits per heavy atom. The number of carbonyl (C=O) groups excluding carboxylic acids is 2. The highest BCUT2D eigenvalue weighted by Crippen LogP contribution is 2.24. The SMILES string of the molecule is CN(c1ccc(C(=O)COC(=O)C(C)(C)c2ccccc2)cc1)S(C)(=O)=O. The molecule has 144 valence electrons. The molecule has 2 aromatic carbocycles. The Bertz CT molecular complexity index is 919. The van der Waals surface area contributed by atoms with E-state index in [2.05, 4.69) is 0 Å². The molecule has 0 aliphatic carbocycles. The van der Waals surface area contributed by atoms with Crippen LogP contribution in [0.1, 0.15) is 29.8 Å². The molecule has 0 N–H and O–H groups in total. The highest BCUT2D eigenvalue weighted by molar-refractivity contribution is 7.92. The number of benzene rings is 2. The monoisotopic (exact) mass is 389 g/mol. The second kappa shape index (κ2) is 7.92. The van der Waals surface area contributed by atoms with Crippen LogP contribution in [-0.4, -0.2) is 40.1 Å². The topological polar surface area (TPSA) is 80.8 Å². The highest BCUT2D eigenvalue weighted by Gasteiger charge is 2.31. The Balaban J connectivity index is 2.02. The van der Waals surface area contributed by atoms with Crippen LogP contribution in [0.5, 0.6) is 0 Å². The number of sulfonamides is 1. The van der Waals surface area contributed by atoms with Gasteiger partial charge in [0.1, 0.15) is 0 Å². The van der Waals surface area contributed by atoms with E-state index in [9.17, 15) is 18.0 Å². The number of hydrogen-bond donors (Lipinski definition) is 0. The summed E-state index contributed by atoms with van der Waals surface area (Å²) in [7, 11) is -1.94. The van der Waals surface area contributed by atoms with Crippen molar-refractivity contribution in [1.29, 1.82) is 0 Å². The van der Waals surface area contributed by atoms with Crippen LogP contribution in [0.15, 0.2) is 54.6 Å². The van der Waals surface area contributed by atoms with E-state index in [-0.39, 0.29) is 12.4 Å². The van der Waals surface area contributed by atoms with Crippen LogP contribution in [0, 0.1) is 0 Å². The summed E-state index contributed by atoms with van der Waals surface area (Å²) < 4.78 is 29.4. The Morgan fingerprint density at radius 2 is 1.56 bits per heavy atom. The van der Waals surface area contributed by atoms with Gasteiger partial charge in [0.2, 0.25) is 10.0 Å². The number of Topliss-reactive ketones (excluding diaryl/α,β-unsaturated/α-hetero) is 1. The van der Waals surface area contributed by atoms with Gasteiger partial charge in [-0.05, 0) is 43.7 Å². The van der Waals surface area contributed by atoms with E-state index in [1.165, 1.54) is 31.3 Å². The molecular weight excluding hydrogens is 366 g/mol. The minimum atomic E-state index is -3.37. The molecule has 6 nitrogen and oxygen atoms in total. The molecule has 0 saturated carbocycles. The molecule has 27 heavy (non-hydrogen) atoms. The van der Waals surface area contributed by atoms with Gasteiger partial charge < -0.3 is 4.74 Å². The molecule has 0 fully saturated rings. The first-order chi connectivity index (χ1) is 12.5. The van der Waals surface area contributed by atoms with E-state index >= 15 is 0 Å². The summed E-state index contributed by atoms with van der Waals surface area (Å²) in [6.45, 7) is 3.10. The summed E-state index contributed by atoms with van der Waals surface area (Å²) >= 11 is 0. The van der Waals surface area contributed by atoms with Crippen molar-refractivity contribution in [3.8, 4) is 0 Å². The maximum absolute atomic E-state index is 12.4. The van der Waals surface area contributed by atoms with Gasteiger partial charge in [0.05, 0.1) is 17.4 Å². The quantitative estimate of drug-likeness (QED) is 0.537. The lowest BCUT2D eigenvalue weighted by Gasteiger charge is -2.22. The van der Waals surface area contributed by atoms with Crippen LogP contribution in [0.2, 0.25) is 0 Å². The molecule has 0 atom stereocenters. The number of nitrogens with zero attached hydrogens (tertiary/aromatic N) is 1. The van der Waals surface area contributed by atoms with Gasteiger partial charge in [0.25, 0.3) is 0 Å². The standard InChI is InChI=1S/C20H23NO5S/c1-20(2,16-8-6-5-7-9-16)19(23)26-14-18(22)15-10-12-17(13-11-15)21(3)27(4,24)25/h5-13H,14H2,1-4H3. The molecule has 0 saturated heterocycles. The molecule has 0 radical (unpaired) electrons. The summed E-state index contributed by atoms with van der Waals surface area (Å²) in [6, 6.07) is 15.3. The van der Waals surface area contributed by atoms with Gasteiger partial charge in [0.15, 0.2) is 12.4 Å². The van der Waals surface area contributed by atoms with Gasteiger partial charge in [-0.15, -0.1) is 0 Å². The van der Waals surface area contributed by atoms with Crippen LogP contribution in [0.3, 0.4) is 0 Å². The number of carbonyl (C=O) groups is 2. The molecular formula is C20H23NO5S. The molecule has 0 aliphatic rings. The number of anilines is 1. The largest absolute Gasteiger partial charge is 0.457 e. The third-order valence-electron chi connectivity index (χ3n) is 4.39. The molecule has 0 heterocycles. The van der Waals surface area contributed by atoms with E-state index in [1.807, 2.05) is 30.3 Å². The fraction of sp³-hybridized carbons (Fsp3) is 0.300. The number of esters is 1. The molecule has 2 aromatic rings. The van der Waals surface area contributed by atoms with Crippen LogP contribution in [0.4, 0.5) is 5.69 Å². The lowest BCUT2D eigenvalue weighted by atomic mass is 9.85. The van der Waals surface area contributed by atoms with Crippen molar-refractivity contribution in [3.63, 3.8) is 0 Å². The molecule has 0 spiro atoms. The highest BCUT2D eigenvalue weighted by atomic mass is 32.2. The van der Waals surface area contributed by atoms with E-state index in [1.54, 1.807) is 13.8 Å². The minimum absolute atomic E-state index is 0.339. The first-order valence-corrected chi connectivity index (χ1v) is 10.2. The van der Waals surface area contributed by atoms with Gasteiger partial charge >= 0.3 is 5.97 Å². The summed E-state index contributed by atoms with van der Waals surface area (Å²) in [6.07, 6.45) is 1.10. The second-order valence-corrected chi connectivity index (χ2v) is 8.78. The Labute approximate surface area is 159 Å². The summed E-state index contributed by atoms with van der Waals surface area (Å²) in [5.41, 5.74) is 0.710. The van der Waals surface area contributed by atoms with E-state index < -0.39 is 21.4 Å². The summed E-state index contributed by atoms with van der Waals surface area (Å²) in [5, 5.41) is 0. The molecule has 0 amide bonds. The van der Waals surface area contributed by atoms with Gasteiger partial charge in [-0.25, -0.2) is 8.42 Å². The first kappa shape index (κ1) is 20.6. The van der Waals surface area contributed by atoms with Crippen molar-refractivity contribution < 1.29 is 22.7 Å². The average Bonchev–Trinajstić information content (AvgIpc) is 2.65. The fourth-order valence-electron chi connectivity index (χ4n) is 2.42. The maximum atomic E-state index is 12.4. The van der Waals surface area contributed by atoms with Gasteiger partial charge in [-0.1, -0.05) is 30.3 Å². The van der Waals surface area contributed by atoms with E-state index in [0.29, 0.717) is 11.3 Å². The van der Waals surface area contributed by atoms with Gasteiger partial charge in [-0.3, -0.25) is 13.9 Å². The molecule has 0 aromatic heterocycles. The summed E-state index contributed by atoms with van der Waals surface area (Å²) in [5.74, 6) is -0.851. The zero-order valence-corrected chi connectivity index (χ0v) is 16.6. The lowest BCUT2D eigenvalue weighted by Crippen LogP contribution is -2.32. The third-order valence-corrected chi connectivity index (χ3v) is 5.60. The van der Waals surface area contributed by atoms with Crippen molar-refractivity contribution in [1.82, 2.24) is 0 Å². The average molecular weight is 389 g/mol. The first-order valence-electron chi connectivity index (χ1n) is 8.33.